The standard InChI is InChI=1S/C11H11ClN2S/c1-6-7(2)14-11(12)10(13-6)9-4-5-15-8(9)3/h4-5H,1-3H3. The highest BCUT2D eigenvalue weighted by molar-refractivity contribution is 7.10. The number of halogens is 1. The minimum Gasteiger partial charge on any atom is -0.248 e. The molecular weight excluding hydrogens is 228 g/mol. The summed E-state index contributed by atoms with van der Waals surface area (Å²) in [4.78, 5) is 9.98. The Morgan fingerprint density at radius 2 is 1.80 bits per heavy atom. The predicted octanol–water partition coefficient (Wildman–Crippen LogP) is 3.78. The van der Waals surface area contributed by atoms with Crippen molar-refractivity contribution in [3.63, 3.8) is 0 Å². The highest BCUT2D eigenvalue weighted by Gasteiger charge is 2.11. The molecule has 0 bridgehead atoms. The van der Waals surface area contributed by atoms with Crippen LogP contribution in [0.3, 0.4) is 0 Å². The Bertz CT molecular complexity index is 505. The normalized spacial score (nSPS) is 10.7. The van der Waals surface area contributed by atoms with Crippen LogP contribution in [0.4, 0.5) is 0 Å². The number of aryl methyl sites for hydroxylation is 3. The van der Waals surface area contributed by atoms with E-state index in [4.69, 9.17) is 11.6 Å². The Morgan fingerprint density at radius 1 is 1.13 bits per heavy atom. The van der Waals surface area contributed by atoms with E-state index in [-0.39, 0.29) is 0 Å². The number of hydrogen-bond donors (Lipinski definition) is 0. The van der Waals surface area contributed by atoms with Crippen LogP contribution in [0.1, 0.15) is 16.3 Å². The van der Waals surface area contributed by atoms with Crippen molar-refractivity contribution in [2.45, 2.75) is 20.8 Å². The van der Waals surface area contributed by atoms with Crippen molar-refractivity contribution in [2.24, 2.45) is 0 Å². The molecule has 0 N–H and O–H groups in total. The smallest absolute Gasteiger partial charge is 0.155 e. The minimum atomic E-state index is 0.486. The summed E-state index contributed by atoms with van der Waals surface area (Å²) in [5.74, 6) is 0. The summed E-state index contributed by atoms with van der Waals surface area (Å²) >= 11 is 7.79. The molecule has 0 unspecified atom stereocenters. The van der Waals surface area contributed by atoms with E-state index in [0.29, 0.717) is 5.15 Å². The second-order valence-corrected chi connectivity index (χ2v) is 4.90. The van der Waals surface area contributed by atoms with Crippen LogP contribution >= 0.6 is 22.9 Å². The number of hydrogen-bond acceptors (Lipinski definition) is 3. The third kappa shape index (κ3) is 1.90. The van der Waals surface area contributed by atoms with Crippen molar-refractivity contribution in [1.29, 1.82) is 0 Å². The Morgan fingerprint density at radius 3 is 2.40 bits per heavy atom. The molecular formula is C11H11ClN2S. The minimum absolute atomic E-state index is 0.486. The lowest BCUT2D eigenvalue weighted by Gasteiger charge is -2.05. The lowest BCUT2D eigenvalue weighted by Crippen LogP contribution is -1.96. The van der Waals surface area contributed by atoms with Crippen molar-refractivity contribution >= 4 is 22.9 Å². The first kappa shape index (κ1) is 10.6. The van der Waals surface area contributed by atoms with Gasteiger partial charge in [0.25, 0.3) is 0 Å². The van der Waals surface area contributed by atoms with Gasteiger partial charge in [-0.1, -0.05) is 11.6 Å². The lowest BCUT2D eigenvalue weighted by atomic mass is 10.2. The van der Waals surface area contributed by atoms with Gasteiger partial charge in [0.15, 0.2) is 5.15 Å². The zero-order valence-corrected chi connectivity index (χ0v) is 10.4. The molecule has 0 spiro atoms. The highest BCUT2D eigenvalue weighted by Crippen LogP contribution is 2.30. The number of thiophene rings is 1. The van der Waals surface area contributed by atoms with Gasteiger partial charge in [0.1, 0.15) is 5.69 Å². The Balaban J connectivity index is 2.64. The van der Waals surface area contributed by atoms with E-state index < -0.39 is 0 Å². The first-order valence-corrected chi connectivity index (χ1v) is 5.90. The average molecular weight is 239 g/mol. The van der Waals surface area contributed by atoms with Gasteiger partial charge in [-0.25, -0.2) is 9.97 Å². The van der Waals surface area contributed by atoms with Gasteiger partial charge in [0, 0.05) is 10.4 Å². The molecule has 0 saturated carbocycles. The maximum atomic E-state index is 6.10. The first-order chi connectivity index (χ1) is 7.09. The summed E-state index contributed by atoms with van der Waals surface area (Å²) in [6.07, 6.45) is 0. The van der Waals surface area contributed by atoms with Crippen molar-refractivity contribution < 1.29 is 0 Å². The van der Waals surface area contributed by atoms with Gasteiger partial charge in [-0.15, -0.1) is 11.3 Å². The van der Waals surface area contributed by atoms with E-state index in [1.165, 1.54) is 4.88 Å². The maximum absolute atomic E-state index is 6.10. The van der Waals surface area contributed by atoms with Gasteiger partial charge in [-0.2, -0.15) is 0 Å². The first-order valence-electron chi connectivity index (χ1n) is 4.65. The van der Waals surface area contributed by atoms with E-state index in [2.05, 4.69) is 16.9 Å². The van der Waals surface area contributed by atoms with E-state index in [0.717, 1.165) is 22.6 Å². The molecule has 15 heavy (non-hydrogen) atoms. The molecule has 2 aromatic rings. The van der Waals surface area contributed by atoms with Gasteiger partial charge in [0.2, 0.25) is 0 Å². The van der Waals surface area contributed by atoms with Gasteiger partial charge >= 0.3 is 0 Å². The summed E-state index contributed by atoms with van der Waals surface area (Å²) < 4.78 is 0. The maximum Gasteiger partial charge on any atom is 0.155 e. The fourth-order valence-electron chi connectivity index (χ4n) is 1.38. The molecule has 2 heterocycles. The van der Waals surface area contributed by atoms with Crippen molar-refractivity contribution in [3.05, 3.63) is 32.9 Å². The third-order valence-corrected chi connectivity index (χ3v) is 3.49. The SMILES string of the molecule is Cc1nc(Cl)c(-c2ccsc2C)nc1C. The molecule has 4 heteroatoms. The Labute approximate surface area is 98.0 Å². The van der Waals surface area contributed by atoms with Crippen LogP contribution in [-0.4, -0.2) is 9.97 Å². The Kier molecular flexibility index (Phi) is 2.76. The van der Waals surface area contributed by atoms with E-state index in [1.54, 1.807) is 11.3 Å². The monoisotopic (exact) mass is 238 g/mol. The van der Waals surface area contributed by atoms with Crippen LogP contribution in [0.15, 0.2) is 11.4 Å². The fraction of sp³-hybridized carbons (Fsp3) is 0.273. The molecule has 0 amide bonds. The van der Waals surface area contributed by atoms with Crippen molar-refractivity contribution in [2.75, 3.05) is 0 Å². The Hall–Kier alpha value is -0.930. The van der Waals surface area contributed by atoms with E-state index >= 15 is 0 Å². The third-order valence-electron chi connectivity index (χ3n) is 2.38. The predicted molar refractivity (Wildman–Crippen MR) is 64.6 cm³/mol. The van der Waals surface area contributed by atoms with Crippen LogP contribution in [0.5, 0.6) is 0 Å². The second kappa shape index (κ2) is 3.91. The van der Waals surface area contributed by atoms with Crippen molar-refractivity contribution in [1.82, 2.24) is 9.97 Å². The van der Waals surface area contributed by atoms with Crippen molar-refractivity contribution in [3.8, 4) is 11.3 Å². The zero-order valence-electron chi connectivity index (χ0n) is 8.84. The molecule has 2 nitrogen and oxygen atoms in total. The largest absolute Gasteiger partial charge is 0.248 e. The number of rotatable bonds is 1. The van der Waals surface area contributed by atoms with Gasteiger partial charge in [-0.3, -0.25) is 0 Å². The van der Waals surface area contributed by atoms with Crippen LogP contribution in [0.2, 0.25) is 5.15 Å². The molecule has 0 atom stereocenters. The van der Waals surface area contributed by atoms with Crippen LogP contribution in [-0.2, 0) is 0 Å². The summed E-state index contributed by atoms with van der Waals surface area (Å²) in [5.41, 5.74) is 3.69. The van der Waals surface area contributed by atoms with Gasteiger partial charge in [-0.05, 0) is 32.2 Å². The molecule has 0 aliphatic heterocycles. The van der Waals surface area contributed by atoms with Crippen LogP contribution in [0, 0.1) is 20.8 Å². The second-order valence-electron chi connectivity index (χ2n) is 3.42. The molecule has 2 aromatic heterocycles. The summed E-state index contributed by atoms with van der Waals surface area (Å²) in [5, 5.41) is 2.53. The van der Waals surface area contributed by atoms with E-state index in [1.807, 2.05) is 25.3 Å². The quantitative estimate of drug-likeness (QED) is 0.756. The topological polar surface area (TPSA) is 25.8 Å². The average Bonchev–Trinajstić information content (AvgIpc) is 2.58. The highest BCUT2D eigenvalue weighted by atomic mass is 35.5. The van der Waals surface area contributed by atoms with Gasteiger partial charge < -0.3 is 0 Å². The summed E-state index contributed by atoms with van der Waals surface area (Å²) in [7, 11) is 0. The van der Waals surface area contributed by atoms with Crippen LogP contribution in [0.25, 0.3) is 11.3 Å². The molecule has 0 aliphatic carbocycles. The molecule has 2 rings (SSSR count). The zero-order chi connectivity index (χ0) is 11.0. The summed E-state index contributed by atoms with van der Waals surface area (Å²) in [6, 6.07) is 2.03. The number of aromatic nitrogens is 2. The molecule has 0 aliphatic rings. The molecule has 0 aromatic carbocycles. The number of nitrogens with zero attached hydrogens (tertiary/aromatic N) is 2. The van der Waals surface area contributed by atoms with Gasteiger partial charge in [0.05, 0.1) is 11.4 Å². The fourth-order valence-corrected chi connectivity index (χ4v) is 2.35. The van der Waals surface area contributed by atoms with E-state index in [9.17, 15) is 0 Å². The molecule has 78 valence electrons. The lowest BCUT2D eigenvalue weighted by molar-refractivity contribution is 1.05. The summed E-state index contributed by atoms with van der Waals surface area (Å²) in [6.45, 7) is 5.93. The molecule has 0 saturated heterocycles. The van der Waals surface area contributed by atoms with Crippen LogP contribution < -0.4 is 0 Å². The molecule has 0 fully saturated rings. The molecule has 0 radical (unpaired) electrons.